The maximum Gasteiger partial charge on any atom is 0.334 e. The number of ether oxygens (including phenoxy) is 2. The van der Waals surface area contributed by atoms with Crippen molar-refractivity contribution in [3.05, 3.63) is 12.2 Å². The van der Waals surface area contributed by atoms with Crippen molar-refractivity contribution in [2.24, 2.45) is 0 Å². The van der Waals surface area contributed by atoms with Gasteiger partial charge < -0.3 is 9.47 Å². The van der Waals surface area contributed by atoms with Gasteiger partial charge in [0.1, 0.15) is 0 Å². The summed E-state index contributed by atoms with van der Waals surface area (Å²) < 4.78 is 9.77. The van der Waals surface area contributed by atoms with Crippen LogP contribution in [0.4, 0.5) is 0 Å². The summed E-state index contributed by atoms with van der Waals surface area (Å²) in [6, 6.07) is 0. The molecule has 0 saturated carbocycles. The summed E-state index contributed by atoms with van der Waals surface area (Å²) in [7, 11) is 2.94. The van der Waals surface area contributed by atoms with Gasteiger partial charge in [0.15, 0.2) is 6.10 Å². The van der Waals surface area contributed by atoms with E-state index in [1.165, 1.54) is 58.5 Å². The molecular formula is C18H34O3. The summed E-state index contributed by atoms with van der Waals surface area (Å²) in [5, 5.41) is 0. The largest absolute Gasteiger partial charge is 0.467 e. The highest BCUT2D eigenvalue weighted by molar-refractivity contribution is 5.74. The van der Waals surface area contributed by atoms with Crippen molar-refractivity contribution in [3.63, 3.8) is 0 Å². The minimum atomic E-state index is -0.428. The van der Waals surface area contributed by atoms with Gasteiger partial charge in [-0.05, 0) is 25.7 Å². The summed E-state index contributed by atoms with van der Waals surface area (Å²) in [6.45, 7) is 2.26. The standard InChI is InChI=1S/C18H34O3/c1-4-5-6-7-8-9-10-11-12-13-14-15-16-17(20-2)18(19)21-3/h13-14,17H,4-12,15-16H2,1-3H3. The zero-order valence-electron chi connectivity index (χ0n) is 14.2. The lowest BCUT2D eigenvalue weighted by molar-refractivity contribution is -0.152. The molecule has 3 nitrogen and oxygen atoms in total. The van der Waals surface area contributed by atoms with Crippen LogP contribution in [0.1, 0.15) is 77.6 Å². The maximum atomic E-state index is 11.3. The van der Waals surface area contributed by atoms with Gasteiger partial charge in [-0.2, -0.15) is 0 Å². The maximum absolute atomic E-state index is 11.3. The fourth-order valence-corrected chi connectivity index (χ4v) is 2.34. The SMILES string of the molecule is CCCCCCCCCCC=CCCC(OC)C(=O)OC. The highest BCUT2D eigenvalue weighted by atomic mass is 16.6. The quantitative estimate of drug-likeness (QED) is 0.256. The minimum Gasteiger partial charge on any atom is -0.467 e. The van der Waals surface area contributed by atoms with Crippen LogP contribution in [0.5, 0.6) is 0 Å². The van der Waals surface area contributed by atoms with E-state index < -0.39 is 6.10 Å². The van der Waals surface area contributed by atoms with E-state index in [9.17, 15) is 4.79 Å². The topological polar surface area (TPSA) is 35.5 Å². The second-order valence-electron chi connectivity index (χ2n) is 5.56. The first-order valence-corrected chi connectivity index (χ1v) is 8.51. The predicted octanol–water partition coefficient (Wildman–Crippen LogP) is 5.04. The number of allylic oxidation sites excluding steroid dienone is 2. The number of carbonyl (C=O) groups is 1. The zero-order valence-corrected chi connectivity index (χ0v) is 14.2. The fraction of sp³-hybridized carbons (Fsp3) is 0.833. The van der Waals surface area contributed by atoms with E-state index in [-0.39, 0.29) is 5.97 Å². The van der Waals surface area contributed by atoms with Crippen LogP contribution in [0, 0.1) is 0 Å². The van der Waals surface area contributed by atoms with E-state index in [4.69, 9.17) is 4.74 Å². The Kier molecular flexibility index (Phi) is 14.9. The molecule has 1 unspecified atom stereocenters. The Bertz CT molecular complexity index is 261. The van der Waals surface area contributed by atoms with Gasteiger partial charge in [0.05, 0.1) is 7.11 Å². The Morgan fingerprint density at radius 3 is 2.05 bits per heavy atom. The first-order valence-electron chi connectivity index (χ1n) is 8.51. The lowest BCUT2D eigenvalue weighted by Crippen LogP contribution is -2.23. The molecule has 0 aromatic heterocycles. The second kappa shape index (κ2) is 15.6. The molecule has 21 heavy (non-hydrogen) atoms. The van der Waals surface area contributed by atoms with Crippen LogP contribution in [0.25, 0.3) is 0 Å². The molecule has 0 aliphatic rings. The van der Waals surface area contributed by atoms with Crippen molar-refractivity contribution in [2.75, 3.05) is 14.2 Å². The number of hydrogen-bond acceptors (Lipinski definition) is 3. The zero-order chi connectivity index (χ0) is 15.8. The smallest absolute Gasteiger partial charge is 0.334 e. The lowest BCUT2D eigenvalue weighted by Gasteiger charge is -2.10. The molecule has 1 atom stereocenters. The first kappa shape index (κ1) is 20.2. The Morgan fingerprint density at radius 2 is 1.48 bits per heavy atom. The van der Waals surface area contributed by atoms with Crippen molar-refractivity contribution in [1.29, 1.82) is 0 Å². The van der Waals surface area contributed by atoms with Crippen LogP contribution in [0.15, 0.2) is 12.2 Å². The van der Waals surface area contributed by atoms with Crippen LogP contribution in [-0.4, -0.2) is 26.3 Å². The van der Waals surface area contributed by atoms with Crippen LogP contribution in [0.3, 0.4) is 0 Å². The van der Waals surface area contributed by atoms with Crippen molar-refractivity contribution < 1.29 is 14.3 Å². The summed E-state index contributed by atoms with van der Waals surface area (Å²) in [5.41, 5.74) is 0. The first-order chi connectivity index (χ1) is 10.3. The molecule has 0 heterocycles. The minimum absolute atomic E-state index is 0.283. The van der Waals surface area contributed by atoms with Gasteiger partial charge >= 0.3 is 5.97 Å². The van der Waals surface area contributed by atoms with E-state index in [1.54, 1.807) is 7.11 Å². The molecule has 0 fully saturated rings. The highest BCUT2D eigenvalue weighted by Crippen LogP contribution is 2.10. The van der Waals surface area contributed by atoms with Crippen LogP contribution in [0.2, 0.25) is 0 Å². The van der Waals surface area contributed by atoms with Crippen molar-refractivity contribution in [1.82, 2.24) is 0 Å². The summed E-state index contributed by atoms with van der Waals surface area (Å²) in [5.74, 6) is -0.283. The van der Waals surface area contributed by atoms with Crippen LogP contribution < -0.4 is 0 Å². The molecular weight excluding hydrogens is 264 g/mol. The van der Waals surface area contributed by atoms with E-state index >= 15 is 0 Å². The predicted molar refractivity (Wildman–Crippen MR) is 88.4 cm³/mol. The van der Waals surface area contributed by atoms with E-state index in [2.05, 4.69) is 23.8 Å². The normalized spacial score (nSPS) is 12.7. The van der Waals surface area contributed by atoms with Crippen LogP contribution in [-0.2, 0) is 14.3 Å². The van der Waals surface area contributed by atoms with Crippen molar-refractivity contribution in [3.8, 4) is 0 Å². The van der Waals surface area contributed by atoms with Gasteiger partial charge in [0.2, 0.25) is 0 Å². The number of carbonyl (C=O) groups excluding carboxylic acids is 1. The van der Waals surface area contributed by atoms with Gasteiger partial charge in [0, 0.05) is 7.11 Å². The molecule has 0 spiro atoms. The Balaban J connectivity index is 3.38. The monoisotopic (exact) mass is 298 g/mol. The third kappa shape index (κ3) is 12.6. The Morgan fingerprint density at radius 1 is 0.905 bits per heavy atom. The lowest BCUT2D eigenvalue weighted by atomic mass is 10.1. The summed E-state index contributed by atoms with van der Waals surface area (Å²) >= 11 is 0. The van der Waals surface area contributed by atoms with Gasteiger partial charge in [-0.15, -0.1) is 0 Å². The van der Waals surface area contributed by atoms with Gasteiger partial charge in [-0.25, -0.2) is 4.79 Å². The fourth-order valence-electron chi connectivity index (χ4n) is 2.34. The third-order valence-corrected chi connectivity index (χ3v) is 3.74. The van der Waals surface area contributed by atoms with E-state index in [1.807, 2.05) is 0 Å². The van der Waals surface area contributed by atoms with Crippen molar-refractivity contribution >= 4 is 5.97 Å². The van der Waals surface area contributed by atoms with E-state index in [0.29, 0.717) is 6.42 Å². The number of esters is 1. The molecule has 0 aliphatic carbocycles. The number of rotatable bonds is 14. The molecule has 0 bridgehead atoms. The number of hydrogen-bond donors (Lipinski definition) is 0. The molecule has 0 amide bonds. The van der Waals surface area contributed by atoms with Gasteiger partial charge in [-0.3, -0.25) is 0 Å². The third-order valence-electron chi connectivity index (χ3n) is 3.74. The van der Waals surface area contributed by atoms with E-state index in [0.717, 1.165) is 12.8 Å². The molecule has 0 rings (SSSR count). The highest BCUT2D eigenvalue weighted by Gasteiger charge is 2.16. The average molecular weight is 298 g/mol. The molecule has 0 aromatic rings. The van der Waals surface area contributed by atoms with Crippen molar-refractivity contribution in [2.45, 2.75) is 83.7 Å². The van der Waals surface area contributed by atoms with Gasteiger partial charge in [0.25, 0.3) is 0 Å². The molecule has 0 aromatic carbocycles. The molecule has 124 valence electrons. The molecule has 0 saturated heterocycles. The average Bonchev–Trinajstić information content (AvgIpc) is 2.51. The summed E-state index contributed by atoms with van der Waals surface area (Å²) in [6.07, 6.45) is 17.5. The Labute approximate surface area is 131 Å². The molecule has 3 heteroatoms. The summed E-state index contributed by atoms with van der Waals surface area (Å²) in [4.78, 5) is 11.3. The number of unbranched alkanes of at least 4 members (excludes halogenated alkanes) is 8. The van der Waals surface area contributed by atoms with Gasteiger partial charge in [-0.1, -0.05) is 64.0 Å². The Hall–Kier alpha value is -0.830. The number of methoxy groups -OCH3 is 2. The molecule has 0 N–H and O–H groups in total. The molecule has 0 radical (unpaired) electrons. The second-order valence-corrected chi connectivity index (χ2v) is 5.56. The van der Waals surface area contributed by atoms with Crippen LogP contribution >= 0.6 is 0 Å². The molecule has 0 aliphatic heterocycles.